The van der Waals surface area contributed by atoms with E-state index in [1.165, 1.54) is 12.2 Å². The highest BCUT2D eigenvalue weighted by molar-refractivity contribution is 5.93. The predicted octanol–water partition coefficient (Wildman–Crippen LogP) is 2.19. The average molecular weight is 444 g/mol. The lowest BCUT2D eigenvalue weighted by atomic mass is 9.49. The van der Waals surface area contributed by atoms with E-state index in [-0.39, 0.29) is 37.4 Å². The van der Waals surface area contributed by atoms with Crippen LogP contribution in [0.5, 0.6) is 0 Å². The molecule has 4 rings (SSSR count). The first-order valence-electron chi connectivity index (χ1n) is 10.9. The lowest BCUT2D eigenvalue weighted by molar-refractivity contribution is -0.298. The molecular weight excluding hydrogens is 416 g/mol. The van der Waals surface area contributed by atoms with Gasteiger partial charge >= 0.3 is 11.9 Å². The average Bonchev–Trinajstić information content (AvgIpc) is 2.79. The summed E-state index contributed by atoms with van der Waals surface area (Å²) in [6, 6.07) is 4.21. The highest BCUT2D eigenvalue weighted by Gasteiger charge is 2.75. The number of carbonyl (C=O) groups excluding carboxylic acids is 2. The third-order valence-corrected chi connectivity index (χ3v) is 6.21. The van der Waals surface area contributed by atoms with Crippen LogP contribution in [0, 0.1) is 39.9 Å². The van der Waals surface area contributed by atoms with Crippen molar-refractivity contribution in [2.75, 3.05) is 26.4 Å². The van der Waals surface area contributed by atoms with Gasteiger partial charge in [-0.2, -0.15) is 10.5 Å². The van der Waals surface area contributed by atoms with Gasteiger partial charge in [-0.05, 0) is 39.8 Å². The molecule has 172 valence electrons. The number of rotatable bonds is 8. The molecule has 2 aliphatic carbocycles. The fourth-order valence-electron chi connectivity index (χ4n) is 5.18. The molecule has 1 saturated heterocycles. The van der Waals surface area contributed by atoms with E-state index < -0.39 is 47.2 Å². The van der Waals surface area contributed by atoms with Crippen LogP contribution < -0.4 is 0 Å². The molecule has 9 nitrogen and oxygen atoms in total. The molecule has 32 heavy (non-hydrogen) atoms. The van der Waals surface area contributed by atoms with Gasteiger partial charge in [-0.15, -0.1) is 0 Å². The summed E-state index contributed by atoms with van der Waals surface area (Å²) in [6.07, 6.45) is 1.42. The Kier molecular flexibility index (Phi) is 7.04. The molecule has 2 bridgehead atoms. The van der Waals surface area contributed by atoms with Crippen molar-refractivity contribution in [3.63, 3.8) is 0 Å². The molecule has 0 N–H and O–H groups in total. The van der Waals surface area contributed by atoms with Crippen molar-refractivity contribution in [2.24, 2.45) is 17.3 Å². The van der Waals surface area contributed by atoms with E-state index in [1.54, 1.807) is 27.7 Å². The highest BCUT2D eigenvalue weighted by atomic mass is 16.7. The molecule has 4 aliphatic rings. The maximum absolute atomic E-state index is 13.5. The van der Waals surface area contributed by atoms with Crippen LogP contribution in [0.2, 0.25) is 0 Å². The van der Waals surface area contributed by atoms with Crippen molar-refractivity contribution in [2.45, 2.75) is 52.1 Å². The van der Waals surface area contributed by atoms with Crippen LogP contribution in [0.3, 0.4) is 0 Å². The third kappa shape index (κ3) is 3.41. The molecule has 0 aromatic carbocycles. The summed E-state index contributed by atoms with van der Waals surface area (Å²) in [7, 11) is 0. The summed E-state index contributed by atoms with van der Waals surface area (Å²) in [5, 5.41) is 20.1. The fourth-order valence-corrected chi connectivity index (χ4v) is 5.18. The van der Waals surface area contributed by atoms with E-state index in [4.69, 9.17) is 23.7 Å². The van der Waals surface area contributed by atoms with Crippen molar-refractivity contribution in [3.8, 4) is 12.1 Å². The van der Waals surface area contributed by atoms with Crippen LogP contribution in [0.15, 0.2) is 23.3 Å². The maximum atomic E-state index is 13.5. The number of carbonyl (C=O) groups is 2. The van der Waals surface area contributed by atoms with Crippen LogP contribution in [0.4, 0.5) is 0 Å². The molecule has 0 spiro atoms. The van der Waals surface area contributed by atoms with E-state index in [1.807, 2.05) is 0 Å². The van der Waals surface area contributed by atoms with Gasteiger partial charge in [0, 0.05) is 42.6 Å². The minimum atomic E-state index is -1.95. The molecule has 0 aromatic heterocycles. The standard InChI is InChI=1S/C23H28N2O7/c1-5-28-16-9-14(12-24)10-23(21(27)31-8-4)18(16)17-15(19(26)29-6-2)11-22(23,13-25)32-20(17)30-7-3/h10-11,16-18,20H,5-9H2,1-4H3/t16-,17+,18+,20-,22-,23+/m0/s1. The fraction of sp³-hybridized carbons (Fsp3) is 0.652. The first kappa shape index (κ1) is 23.9. The summed E-state index contributed by atoms with van der Waals surface area (Å²) >= 11 is 0. The quantitative estimate of drug-likeness (QED) is 0.517. The Balaban J connectivity index is 2.36. The Hall–Kier alpha value is -2.72. The zero-order valence-corrected chi connectivity index (χ0v) is 18.8. The van der Waals surface area contributed by atoms with Crippen LogP contribution in [0.25, 0.3) is 0 Å². The van der Waals surface area contributed by atoms with Crippen LogP contribution >= 0.6 is 0 Å². The predicted molar refractivity (Wildman–Crippen MR) is 109 cm³/mol. The van der Waals surface area contributed by atoms with E-state index in [0.717, 1.165) is 0 Å². The normalized spacial score (nSPS) is 34.9. The van der Waals surface area contributed by atoms with E-state index in [0.29, 0.717) is 6.61 Å². The Morgan fingerprint density at radius 1 is 1.06 bits per heavy atom. The van der Waals surface area contributed by atoms with Crippen LogP contribution in [-0.4, -0.2) is 56.4 Å². The summed E-state index contributed by atoms with van der Waals surface area (Å²) in [5.74, 6) is -2.81. The van der Waals surface area contributed by atoms with Crippen molar-refractivity contribution in [1.82, 2.24) is 0 Å². The lowest BCUT2D eigenvalue weighted by Gasteiger charge is -2.60. The van der Waals surface area contributed by atoms with Crippen LogP contribution in [0.1, 0.15) is 34.1 Å². The largest absolute Gasteiger partial charge is 0.465 e. The summed E-state index contributed by atoms with van der Waals surface area (Å²) in [6.45, 7) is 7.69. The molecule has 0 amide bonds. The van der Waals surface area contributed by atoms with Crippen LogP contribution in [-0.2, 0) is 33.3 Å². The zero-order valence-electron chi connectivity index (χ0n) is 18.8. The van der Waals surface area contributed by atoms with E-state index in [2.05, 4.69) is 12.1 Å². The Morgan fingerprint density at radius 3 is 2.31 bits per heavy atom. The molecule has 6 atom stereocenters. The smallest absolute Gasteiger partial charge is 0.334 e. The van der Waals surface area contributed by atoms with Crippen molar-refractivity contribution >= 4 is 11.9 Å². The zero-order chi connectivity index (χ0) is 23.5. The van der Waals surface area contributed by atoms with Crippen molar-refractivity contribution in [3.05, 3.63) is 23.3 Å². The molecule has 2 heterocycles. The minimum Gasteiger partial charge on any atom is -0.465 e. The molecule has 0 saturated carbocycles. The molecular formula is C23H28N2O7. The maximum Gasteiger partial charge on any atom is 0.334 e. The molecule has 1 fully saturated rings. The SMILES string of the molecule is CCOC(=O)C1=C[C@@]2(C#N)O[C@H](OCC)[C@H]1[C@H]1[C@@H](OCC)CC(C#N)=C[C@]12C(=O)OCC. The summed E-state index contributed by atoms with van der Waals surface area (Å²) in [5.41, 5.74) is -3.13. The minimum absolute atomic E-state index is 0.0673. The lowest BCUT2D eigenvalue weighted by Crippen LogP contribution is -2.72. The number of nitriles is 2. The second kappa shape index (κ2) is 9.41. The molecule has 0 radical (unpaired) electrons. The first-order valence-corrected chi connectivity index (χ1v) is 10.9. The number of hydrogen-bond acceptors (Lipinski definition) is 9. The van der Waals surface area contributed by atoms with Gasteiger partial charge < -0.3 is 23.7 Å². The monoisotopic (exact) mass is 444 g/mol. The molecule has 2 aliphatic heterocycles. The van der Waals surface area contributed by atoms with E-state index in [9.17, 15) is 20.1 Å². The summed E-state index contributed by atoms with van der Waals surface area (Å²) < 4.78 is 28.6. The van der Waals surface area contributed by atoms with Gasteiger partial charge in [-0.3, -0.25) is 4.79 Å². The van der Waals surface area contributed by atoms with Gasteiger partial charge in [-0.1, -0.05) is 0 Å². The van der Waals surface area contributed by atoms with Gasteiger partial charge in [0.05, 0.1) is 25.4 Å². The second-order valence-corrected chi connectivity index (χ2v) is 7.73. The summed E-state index contributed by atoms with van der Waals surface area (Å²) in [4.78, 5) is 26.5. The van der Waals surface area contributed by atoms with Gasteiger partial charge in [0.25, 0.3) is 0 Å². The van der Waals surface area contributed by atoms with Gasteiger partial charge in [0.2, 0.25) is 0 Å². The van der Waals surface area contributed by atoms with E-state index >= 15 is 0 Å². The number of hydrogen-bond donors (Lipinski definition) is 0. The highest BCUT2D eigenvalue weighted by Crippen LogP contribution is 2.63. The molecule has 9 heteroatoms. The third-order valence-electron chi connectivity index (χ3n) is 6.21. The topological polar surface area (TPSA) is 128 Å². The number of ether oxygens (including phenoxy) is 5. The Bertz CT molecular complexity index is 914. The number of esters is 2. The van der Waals surface area contributed by atoms with Gasteiger partial charge in [0.1, 0.15) is 11.5 Å². The molecule has 0 aromatic rings. The number of fused-ring (bicyclic) bond motifs is 1. The number of nitrogens with zero attached hydrogens (tertiary/aromatic N) is 2. The Labute approximate surface area is 187 Å². The second-order valence-electron chi connectivity index (χ2n) is 7.73. The first-order chi connectivity index (χ1) is 15.4. The van der Waals surface area contributed by atoms with Gasteiger partial charge in [0.15, 0.2) is 11.9 Å². The molecule has 0 unspecified atom stereocenters. The Morgan fingerprint density at radius 2 is 1.75 bits per heavy atom. The van der Waals surface area contributed by atoms with Gasteiger partial charge in [-0.25, -0.2) is 4.79 Å². The van der Waals surface area contributed by atoms with Crippen molar-refractivity contribution < 1.29 is 33.3 Å². The van der Waals surface area contributed by atoms with Crippen molar-refractivity contribution in [1.29, 1.82) is 10.5 Å².